The predicted octanol–water partition coefficient (Wildman–Crippen LogP) is 1.60. The summed E-state index contributed by atoms with van der Waals surface area (Å²) >= 11 is 0. The van der Waals surface area contributed by atoms with Gasteiger partial charge in [0.2, 0.25) is 0 Å². The molecule has 2 rings (SSSR count). The van der Waals surface area contributed by atoms with E-state index >= 15 is 0 Å². The molecule has 8 nitrogen and oxygen atoms in total. The molecule has 0 aliphatic heterocycles. The topological polar surface area (TPSA) is 110 Å². The number of imidazole rings is 1. The van der Waals surface area contributed by atoms with Crippen molar-refractivity contribution < 1.29 is 14.8 Å². The lowest BCUT2D eigenvalue weighted by Crippen LogP contribution is -2.11. The highest BCUT2D eigenvalue weighted by molar-refractivity contribution is 5.90. The fourth-order valence-corrected chi connectivity index (χ4v) is 1.71. The molecule has 0 aliphatic rings. The van der Waals surface area contributed by atoms with Crippen LogP contribution in [0.25, 0.3) is 0 Å². The summed E-state index contributed by atoms with van der Waals surface area (Å²) < 4.78 is 1.81. The molecular weight excluding hydrogens is 264 g/mol. The van der Waals surface area contributed by atoms with Gasteiger partial charge in [-0.1, -0.05) is 0 Å². The van der Waals surface area contributed by atoms with Crippen LogP contribution < -0.4 is 5.32 Å². The summed E-state index contributed by atoms with van der Waals surface area (Å²) in [6, 6.07) is 3.65. The Morgan fingerprint density at radius 3 is 2.90 bits per heavy atom. The first-order valence-electron chi connectivity index (χ1n) is 5.79. The Hall–Kier alpha value is -2.90. The maximum absolute atomic E-state index is 10.9. The van der Waals surface area contributed by atoms with Crippen molar-refractivity contribution in [2.75, 3.05) is 11.9 Å². The summed E-state index contributed by atoms with van der Waals surface area (Å²) in [6.45, 7) is 0.981. The number of aromatic nitrogens is 2. The molecule has 0 saturated carbocycles. The van der Waals surface area contributed by atoms with E-state index in [0.717, 1.165) is 0 Å². The molecule has 1 heterocycles. The van der Waals surface area contributed by atoms with Crippen molar-refractivity contribution in [3.8, 4) is 0 Å². The van der Waals surface area contributed by atoms with Gasteiger partial charge in [0.1, 0.15) is 5.69 Å². The van der Waals surface area contributed by atoms with Crippen molar-refractivity contribution in [2.24, 2.45) is 0 Å². The van der Waals surface area contributed by atoms with Crippen LogP contribution >= 0.6 is 0 Å². The number of benzene rings is 1. The second-order valence-electron chi connectivity index (χ2n) is 4.02. The number of carboxylic acids is 1. The minimum atomic E-state index is -1.13. The molecule has 0 atom stereocenters. The molecule has 1 aromatic carbocycles. The van der Waals surface area contributed by atoms with Gasteiger partial charge in [0, 0.05) is 31.5 Å². The summed E-state index contributed by atoms with van der Waals surface area (Å²) in [4.78, 5) is 25.1. The number of hydrogen-bond donors (Lipinski definition) is 2. The molecule has 8 heteroatoms. The van der Waals surface area contributed by atoms with E-state index in [9.17, 15) is 14.9 Å². The zero-order valence-electron chi connectivity index (χ0n) is 10.4. The van der Waals surface area contributed by atoms with Crippen LogP contribution in [0.2, 0.25) is 0 Å². The van der Waals surface area contributed by atoms with E-state index in [1.807, 2.05) is 0 Å². The first-order valence-corrected chi connectivity index (χ1v) is 5.79. The number of nitro benzene ring substituents is 1. The number of anilines is 1. The zero-order valence-corrected chi connectivity index (χ0v) is 10.4. The monoisotopic (exact) mass is 276 g/mol. The quantitative estimate of drug-likeness (QED) is 0.612. The van der Waals surface area contributed by atoms with Crippen molar-refractivity contribution in [3.05, 3.63) is 52.6 Å². The van der Waals surface area contributed by atoms with Crippen LogP contribution in [0.15, 0.2) is 36.9 Å². The Labute approximate surface area is 113 Å². The zero-order chi connectivity index (χ0) is 14.5. The van der Waals surface area contributed by atoms with E-state index in [4.69, 9.17) is 5.11 Å². The van der Waals surface area contributed by atoms with Gasteiger partial charge < -0.3 is 15.0 Å². The highest BCUT2D eigenvalue weighted by atomic mass is 16.6. The lowest BCUT2D eigenvalue weighted by atomic mass is 10.1. The number of nitro groups is 1. The number of aromatic carboxylic acids is 1. The molecule has 0 fully saturated rings. The number of nitrogens with one attached hydrogen (secondary N) is 1. The number of hydrogen-bond acceptors (Lipinski definition) is 5. The van der Waals surface area contributed by atoms with Crippen LogP contribution in [0.1, 0.15) is 10.4 Å². The van der Waals surface area contributed by atoms with Crippen LogP contribution in [0, 0.1) is 10.1 Å². The summed E-state index contributed by atoms with van der Waals surface area (Å²) in [6.07, 6.45) is 5.03. The Kier molecular flexibility index (Phi) is 3.94. The van der Waals surface area contributed by atoms with Gasteiger partial charge in [-0.05, 0) is 12.1 Å². The highest BCUT2D eigenvalue weighted by Gasteiger charge is 2.16. The summed E-state index contributed by atoms with van der Waals surface area (Å²) in [5.41, 5.74) is 0.0383. The first-order chi connectivity index (χ1) is 9.58. The van der Waals surface area contributed by atoms with Gasteiger partial charge in [-0.25, -0.2) is 9.78 Å². The average Bonchev–Trinajstić information content (AvgIpc) is 2.91. The van der Waals surface area contributed by atoms with Gasteiger partial charge in [0.15, 0.2) is 0 Å². The van der Waals surface area contributed by atoms with Gasteiger partial charge in [-0.2, -0.15) is 0 Å². The number of rotatable bonds is 6. The third kappa shape index (κ3) is 3.10. The van der Waals surface area contributed by atoms with E-state index in [0.29, 0.717) is 13.1 Å². The van der Waals surface area contributed by atoms with Crippen LogP contribution in [0.4, 0.5) is 11.4 Å². The molecule has 0 saturated heterocycles. The highest BCUT2D eigenvalue weighted by Crippen LogP contribution is 2.25. The first kappa shape index (κ1) is 13.5. The standard InChI is InChI=1S/C12H12N4O4/c17-12(18)9-1-2-11(16(19)20)10(7-9)14-4-6-15-5-3-13-8-15/h1-3,5,7-8,14H,4,6H2,(H,17,18). The van der Waals surface area contributed by atoms with E-state index in [-0.39, 0.29) is 16.9 Å². The summed E-state index contributed by atoms with van der Waals surface area (Å²) in [7, 11) is 0. The van der Waals surface area contributed by atoms with Crippen LogP contribution in [-0.4, -0.2) is 32.1 Å². The smallest absolute Gasteiger partial charge is 0.335 e. The normalized spacial score (nSPS) is 10.2. The Morgan fingerprint density at radius 2 is 2.30 bits per heavy atom. The van der Waals surface area contributed by atoms with E-state index < -0.39 is 10.9 Å². The fraction of sp³-hybridized carbons (Fsp3) is 0.167. The molecule has 2 aromatic rings. The van der Waals surface area contributed by atoms with Gasteiger partial charge in [0.05, 0.1) is 16.8 Å². The van der Waals surface area contributed by atoms with Gasteiger partial charge in [0.25, 0.3) is 5.69 Å². The lowest BCUT2D eigenvalue weighted by Gasteiger charge is -2.08. The van der Waals surface area contributed by atoms with Crippen molar-refractivity contribution in [1.29, 1.82) is 0 Å². The summed E-state index contributed by atoms with van der Waals surface area (Å²) in [5.74, 6) is -1.13. The average molecular weight is 276 g/mol. The summed E-state index contributed by atoms with van der Waals surface area (Å²) in [5, 5.41) is 22.7. The van der Waals surface area contributed by atoms with Crippen LogP contribution in [-0.2, 0) is 6.54 Å². The largest absolute Gasteiger partial charge is 0.478 e. The second-order valence-corrected chi connectivity index (χ2v) is 4.02. The maximum atomic E-state index is 10.9. The molecule has 0 spiro atoms. The van der Waals surface area contributed by atoms with Crippen molar-refractivity contribution in [3.63, 3.8) is 0 Å². The maximum Gasteiger partial charge on any atom is 0.335 e. The third-order valence-electron chi connectivity index (χ3n) is 2.68. The van der Waals surface area contributed by atoms with Crippen LogP contribution in [0.3, 0.4) is 0 Å². The van der Waals surface area contributed by atoms with Crippen molar-refractivity contribution in [2.45, 2.75) is 6.54 Å². The molecule has 0 aliphatic carbocycles. The SMILES string of the molecule is O=C(O)c1ccc([N+](=O)[O-])c(NCCn2ccnc2)c1. The molecule has 0 unspecified atom stereocenters. The molecule has 2 N–H and O–H groups in total. The number of carbonyl (C=O) groups is 1. The molecular formula is C12H12N4O4. The molecule has 1 aromatic heterocycles. The van der Waals surface area contributed by atoms with Gasteiger partial charge in [-0.3, -0.25) is 10.1 Å². The van der Waals surface area contributed by atoms with Gasteiger partial charge in [-0.15, -0.1) is 0 Å². The van der Waals surface area contributed by atoms with E-state index in [1.54, 1.807) is 23.3 Å². The Balaban J connectivity index is 2.13. The molecule has 0 radical (unpaired) electrons. The van der Waals surface area contributed by atoms with E-state index in [1.165, 1.54) is 18.2 Å². The molecule has 104 valence electrons. The third-order valence-corrected chi connectivity index (χ3v) is 2.68. The van der Waals surface area contributed by atoms with Crippen LogP contribution in [0.5, 0.6) is 0 Å². The number of nitrogens with zero attached hydrogens (tertiary/aromatic N) is 3. The minimum absolute atomic E-state index is 0.000677. The van der Waals surface area contributed by atoms with Crippen molar-refractivity contribution >= 4 is 17.3 Å². The van der Waals surface area contributed by atoms with E-state index in [2.05, 4.69) is 10.3 Å². The minimum Gasteiger partial charge on any atom is -0.478 e. The van der Waals surface area contributed by atoms with Crippen molar-refractivity contribution in [1.82, 2.24) is 9.55 Å². The Bertz CT molecular complexity index is 624. The molecule has 0 amide bonds. The lowest BCUT2D eigenvalue weighted by molar-refractivity contribution is -0.384. The molecule has 20 heavy (non-hydrogen) atoms. The Morgan fingerprint density at radius 1 is 1.50 bits per heavy atom. The number of carboxylic acid groups (broad SMARTS) is 1. The molecule has 0 bridgehead atoms. The second kappa shape index (κ2) is 5.83. The fourth-order valence-electron chi connectivity index (χ4n) is 1.71. The predicted molar refractivity (Wildman–Crippen MR) is 70.8 cm³/mol. The van der Waals surface area contributed by atoms with Gasteiger partial charge >= 0.3 is 5.97 Å².